The summed E-state index contributed by atoms with van der Waals surface area (Å²) in [6.45, 7) is 1.40. The minimum atomic E-state index is -4.44. The van der Waals surface area contributed by atoms with E-state index < -0.39 is 11.7 Å². The van der Waals surface area contributed by atoms with E-state index in [4.69, 9.17) is 4.74 Å². The van der Waals surface area contributed by atoms with Crippen molar-refractivity contribution in [2.24, 2.45) is 0 Å². The van der Waals surface area contributed by atoms with Crippen molar-refractivity contribution >= 4 is 5.91 Å². The summed E-state index contributed by atoms with van der Waals surface area (Å²) in [7, 11) is 1.89. The number of hydrogen-bond acceptors (Lipinski definition) is 4. The van der Waals surface area contributed by atoms with Gasteiger partial charge in [0.1, 0.15) is 5.75 Å². The lowest BCUT2D eigenvalue weighted by Gasteiger charge is -2.32. The predicted molar refractivity (Wildman–Crippen MR) is 93.7 cm³/mol. The Labute approximate surface area is 155 Å². The number of rotatable bonds is 4. The molecule has 0 radical (unpaired) electrons. The molecule has 5 nitrogen and oxygen atoms in total. The molecule has 1 amide bonds. The number of nitrogens with one attached hydrogen (secondary N) is 1. The second-order valence-corrected chi connectivity index (χ2v) is 6.39. The van der Waals surface area contributed by atoms with E-state index in [-0.39, 0.29) is 11.8 Å². The van der Waals surface area contributed by atoms with Crippen LogP contribution in [0, 0.1) is 0 Å². The number of halogens is 3. The standard InChI is InChI=1S/C19H20F3N3O2/c1-23-15-3-2-10-25(12-15)18(26)13-4-7-16(8-5-13)27-17-9-6-14(11-24-17)19(20,21)22/h4-9,11,15,23H,2-3,10,12H2,1H3. The minimum absolute atomic E-state index is 0.0471. The average Bonchev–Trinajstić information content (AvgIpc) is 2.68. The van der Waals surface area contributed by atoms with E-state index in [1.54, 1.807) is 24.3 Å². The van der Waals surface area contributed by atoms with E-state index >= 15 is 0 Å². The number of piperidine rings is 1. The van der Waals surface area contributed by atoms with Crippen LogP contribution in [0.15, 0.2) is 42.6 Å². The molecule has 1 aromatic carbocycles. The molecule has 3 rings (SSSR count). The zero-order valence-electron chi connectivity index (χ0n) is 14.8. The first-order valence-corrected chi connectivity index (χ1v) is 8.64. The summed E-state index contributed by atoms with van der Waals surface area (Å²) in [5.41, 5.74) is -0.295. The summed E-state index contributed by atoms with van der Waals surface area (Å²) in [6.07, 6.45) is -1.71. The third-order valence-corrected chi connectivity index (χ3v) is 4.50. The Morgan fingerprint density at radius 2 is 1.96 bits per heavy atom. The Bertz CT molecular complexity index is 776. The van der Waals surface area contributed by atoms with E-state index in [0.717, 1.165) is 37.7 Å². The molecular weight excluding hydrogens is 359 g/mol. The fraction of sp³-hybridized carbons (Fsp3) is 0.368. The molecule has 0 spiro atoms. The fourth-order valence-corrected chi connectivity index (χ4v) is 2.97. The lowest BCUT2D eigenvalue weighted by Crippen LogP contribution is -2.46. The number of hydrogen-bond donors (Lipinski definition) is 1. The van der Waals surface area contributed by atoms with Gasteiger partial charge >= 0.3 is 6.18 Å². The van der Waals surface area contributed by atoms with Crippen molar-refractivity contribution in [2.45, 2.75) is 25.1 Å². The molecule has 1 aliphatic heterocycles. The summed E-state index contributed by atoms with van der Waals surface area (Å²) in [6, 6.07) is 8.87. The first-order valence-electron chi connectivity index (χ1n) is 8.64. The molecule has 27 heavy (non-hydrogen) atoms. The van der Waals surface area contributed by atoms with Crippen LogP contribution in [0.4, 0.5) is 13.2 Å². The number of likely N-dealkylation sites (N-methyl/N-ethyl adjacent to an activating group) is 1. The van der Waals surface area contributed by atoms with E-state index in [1.807, 2.05) is 11.9 Å². The third-order valence-electron chi connectivity index (χ3n) is 4.50. The molecule has 1 aliphatic rings. The monoisotopic (exact) mass is 379 g/mol. The SMILES string of the molecule is CNC1CCCN(C(=O)c2ccc(Oc3ccc(C(F)(F)F)cn3)cc2)C1. The Morgan fingerprint density at radius 3 is 2.56 bits per heavy atom. The number of aromatic nitrogens is 1. The second-order valence-electron chi connectivity index (χ2n) is 6.39. The van der Waals surface area contributed by atoms with Gasteiger partial charge in [0.05, 0.1) is 5.56 Å². The molecule has 1 fully saturated rings. The number of benzene rings is 1. The van der Waals surface area contributed by atoms with Crippen molar-refractivity contribution in [1.82, 2.24) is 15.2 Å². The average molecular weight is 379 g/mol. The molecule has 8 heteroatoms. The quantitative estimate of drug-likeness (QED) is 0.880. The molecule has 0 bridgehead atoms. The van der Waals surface area contributed by atoms with Crippen molar-refractivity contribution in [3.8, 4) is 11.6 Å². The Hall–Kier alpha value is -2.61. The van der Waals surface area contributed by atoms with Crippen LogP contribution in [-0.2, 0) is 6.18 Å². The van der Waals surface area contributed by atoms with Crippen LogP contribution < -0.4 is 10.1 Å². The number of carbonyl (C=O) groups is 1. The second kappa shape index (κ2) is 7.96. The molecule has 1 atom stereocenters. The maximum Gasteiger partial charge on any atom is 0.417 e. The van der Waals surface area contributed by atoms with Crippen molar-refractivity contribution < 1.29 is 22.7 Å². The Kier molecular flexibility index (Phi) is 5.65. The van der Waals surface area contributed by atoms with Crippen LogP contribution in [-0.4, -0.2) is 42.0 Å². The summed E-state index contributed by atoms with van der Waals surface area (Å²) < 4.78 is 43.1. The molecule has 2 heterocycles. The summed E-state index contributed by atoms with van der Waals surface area (Å²) in [5.74, 6) is 0.398. The van der Waals surface area contributed by atoms with Gasteiger partial charge in [0.25, 0.3) is 5.91 Å². The molecule has 1 unspecified atom stereocenters. The van der Waals surface area contributed by atoms with E-state index in [2.05, 4.69) is 10.3 Å². The van der Waals surface area contributed by atoms with Gasteiger partial charge in [-0.15, -0.1) is 0 Å². The lowest BCUT2D eigenvalue weighted by atomic mass is 10.0. The van der Waals surface area contributed by atoms with Gasteiger partial charge in [0.2, 0.25) is 5.88 Å². The highest BCUT2D eigenvalue weighted by Crippen LogP contribution is 2.30. The molecule has 1 N–H and O–H groups in total. The number of pyridine rings is 1. The number of alkyl halides is 3. The topological polar surface area (TPSA) is 54.5 Å². The highest BCUT2D eigenvalue weighted by atomic mass is 19.4. The molecule has 1 saturated heterocycles. The number of nitrogens with zero attached hydrogens (tertiary/aromatic N) is 2. The first-order chi connectivity index (χ1) is 12.9. The molecule has 0 aliphatic carbocycles. The summed E-state index contributed by atoms with van der Waals surface area (Å²) in [5, 5.41) is 3.20. The van der Waals surface area contributed by atoms with Crippen molar-refractivity contribution in [3.63, 3.8) is 0 Å². The van der Waals surface area contributed by atoms with Crippen LogP contribution in [0.2, 0.25) is 0 Å². The van der Waals surface area contributed by atoms with Gasteiger partial charge < -0.3 is 15.0 Å². The molecule has 2 aromatic rings. The van der Waals surface area contributed by atoms with Gasteiger partial charge in [-0.3, -0.25) is 4.79 Å². The number of amides is 1. The van der Waals surface area contributed by atoms with E-state index in [1.165, 1.54) is 0 Å². The Morgan fingerprint density at radius 1 is 1.22 bits per heavy atom. The number of likely N-dealkylation sites (tertiary alicyclic amines) is 1. The number of carbonyl (C=O) groups excluding carboxylic acids is 1. The van der Waals surface area contributed by atoms with Gasteiger partial charge in [-0.25, -0.2) is 4.98 Å². The third kappa shape index (κ3) is 4.77. The van der Waals surface area contributed by atoms with Crippen LogP contribution in [0.3, 0.4) is 0 Å². The van der Waals surface area contributed by atoms with Crippen LogP contribution in [0.25, 0.3) is 0 Å². The smallest absolute Gasteiger partial charge is 0.417 e. The fourth-order valence-electron chi connectivity index (χ4n) is 2.97. The summed E-state index contributed by atoms with van der Waals surface area (Å²) in [4.78, 5) is 18.1. The summed E-state index contributed by atoms with van der Waals surface area (Å²) >= 11 is 0. The maximum atomic E-state index is 12.6. The van der Waals surface area contributed by atoms with Crippen molar-refractivity contribution in [1.29, 1.82) is 0 Å². The normalized spacial score (nSPS) is 17.6. The van der Waals surface area contributed by atoms with Gasteiger partial charge in [-0.05, 0) is 50.2 Å². The molecule has 0 saturated carbocycles. The molecule has 144 valence electrons. The zero-order chi connectivity index (χ0) is 19.4. The lowest BCUT2D eigenvalue weighted by molar-refractivity contribution is -0.137. The molecule has 1 aromatic heterocycles. The first kappa shape index (κ1) is 19.2. The highest BCUT2D eigenvalue weighted by Gasteiger charge is 2.30. The molecular formula is C19H20F3N3O2. The highest BCUT2D eigenvalue weighted by molar-refractivity contribution is 5.94. The van der Waals surface area contributed by atoms with Gasteiger partial charge in [0, 0.05) is 37.0 Å². The van der Waals surface area contributed by atoms with Crippen LogP contribution >= 0.6 is 0 Å². The predicted octanol–water partition coefficient (Wildman–Crippen LogP) is 3.72. The minimum Gasteiger partial charge on any atom is -0.439 e. The van der Waals surface area contributed by atoms with Crippen molar-refractivity contribution in [3.05, 3.63) is 53.7 Å². The van der Waals surface area contributed by atoms with E-state index in [0.29, 0.717) is 23.9 Å². The van der Waals surface area contributed by atoms with Crippen LogP contribution in [0.1, 0.15) is 28.8 Å². The largest absolute Gasteiger partial charge is 0.439 e. The van der Waals surface area contributed by atoms with E-state index in [9.17, 15) is 18.0 Å². The zero-order valence-corrected chi connectivity index (χ0v) is 14.8. The van der Waals surface area contributed by atoms with Crippen LogP contribution in [0.5, 0.6) is 11.6 Å². The van der Waals surface area contributed by atoms with Gasteiger partial charge in [-0.2, -0.15) is 13.2 Å². The van der Waals surface area contributed by atoms with Gasteiger partial charge in [0.15, 0.2) is 0 Å². The Balaban J connectivity index is 1.64. The van der Waals surface area contributed by atoms with Crippen molar-refractivity contribution in [2.75, 3.05) is 20.1 Å². The van der Waals surface area contributed by atoms with Gasteiger partial charge in [-0.1, -0.05) is 0 Å². The number of ether oxygens (including phenoxy) is 1. The maximum absolute atomic E-state index is 12.6.